The first-order valence-corrected chi connectivity index (χ1v) is 6.77. The molecule has 20 heavy (non-hydrogen) atoms. The molecule has 0 saturated heterocycles. The molecule has 3 nitrogen and oxygen atoms in total. The van der Waals surface area contributed by atoms with Crippen LogP contribution in [0.3, 0.4) is 0 Å². The Morgan fingerprint density at radius 1 is 1.10 bits per heavy atom. The van der Waals surface area contributed by atoms with Crippen molar-refractivity contribution in [1.82, 2.24) is 0 Å². The summed E-state index contributed by atoms with van der Waals surface area (Å²) in [5.41, 5.74) is 9.22. The van der Waals surface area contributed by atoms with Crippen LogP contribution in [0.15, 0.2) is 48.5 Å². The zero-order chi connectivity index (χ0) is 14.4. The van der Waals surface area contributed by atoms with E-state index in [2.05, 4.69) is 0 Å². The molecule has 2 rings (SSSR count). The van der Waals surface area contributed by atoms with Crippen LogP contribution in [-0.2, 0) is 11.3 Å². The Morgan fingerprint density at radius 2 is 1.85 bits per heavy atom. The van der Waals surface area contributed by atoms with Gasteiger partial charge in [-0.1, -0.05) is 42.5 Å². The van der Waals surface area contributed by atoms with Crippen LogP contribution >= 0.6 is 0 Å². The van der Waals surface area contributed by atoms with Gasteiger partial charge in [0.05, 0.1) is 6.61 Å². The van der Waals surface area contributed by atoms with Gasteiger partial charge in [0, 0.05) is 11.6 Å². The molecule has 0 heterocycles. The van der Waals surface area contributed by atoms with Gasteiger partial charge in [0.25, 0.3) is 0 Å². The minimum atomic E-state index is -0.0558. The SMILES string of the molecule is Cc1ccc(C(C)N)c(OCOCc2ccccc2)c1. The summed E-state index contributed by atoms with van der Waals surface area (Å²) < 4.78 is 11.2. The molecular weight excluding hydrogens is 250 g/mol. The third kappa shape index (κ3) is 4.08. The molecule has 3 heteroatoms. The number of rotatable bonds is 6. The van der Waals surface area contributed by atoms with Crippen LogP contribution in [0, 0.1) is 6.92 Å². The highest BCUT2D eigenvalue weighted by atomic mass is 16.7. The number of nitrogens with two attached hydrogens (primary N) is 1. The lowest BCUT2D eigenvalue weighted by Gasteiger charge is -2.15. The molecule has 1 unspecified atom stereocenters. The van der Waals surface area contributed by atoms with Gasteiger partial charge in [-0.15, -0.1) is 0 Å². The lowest BCUT2D eigenvalue weighted by Crippen LogP contribution is -2.10. The number of benzene rings is 2. The highest BCUT2D eigenvalue weighted by molar-refractivity contribution is 5.38. The molecule has 0 aliphatic heterocycles. The van der Waals surface area contributed by atoms with E-state index in [0.29, 0.717) is 6.61 Å². The van der Waals surface area contributed by atoms with Crippen molar-refractivity contribution in [2.45, 2.75) is 26.5 Å². The van der Waals surface area contributed by atoms with Gasteiger partial charge in [0.1, 0.15) is 5.75 Å². The van der Waals surface area contributed by atoms with Gasteiger partial charge in [-0.2, -0.15) is 0 Å². The van der Waals surface area contributed by atoms with Gasteiger partial charge >= 0.3 is 0 Å². The average molecular weight is 271 g/mol. The van der Waals surface area contributed by atoms with Crippen molar-refractivity contribution in [2.24, 2.45) is 5.73 Å². The van der Waals surface area contributed by atoms with Crippen LogP contribution in [0.5, 0.6) is 5.75 Å². The first-order chi connectivity index (χ1) is 9.66. The van der Waals surface area contributed by atoms with Crippen LogP contribution < -0.4 is 10.5 Å². The van der Waals surface area contributed by atoms with Crippen LogP contribution in [-0.4, -0.2) is 6.79 Å². The first kappa shape index (κ1) is 14.6. The van der Waals surface area contributed by atoms with Crippen molar-refractivity contribution in [2.75, 3.05) is 6.79 Å². The summed E-state index contributed by atoms with van der Waals surface area (Å²) in [5.74, 6) is 0.799. The molecule has 0 fully saturated rings. The second-order valence-electron chi connectivity index (χ2n) is 4.93. The van der Waals surface area contributed by atoms with E-state index < -0.39 is 0 Å². The highest BCUT2D eigenvalue weighted by Crippen LogP contribution is 2.25. The molecule has 0 aromatic heterocycles. The van der Waals surface area contributed by atoms with Gasteiger partial charge in [-0.25, -0.2) is 0 Å². The van der Waals surface area contributed by atoms with Gasteiger partial charge in [-0.05, 0) is 31.0 Å². The minimum absolute atomic E-state index is 0.0558. The standard InChI is InChI=1S/C17H21NO2/c1-13-8-9-16(14(2)18)17(10-13)20-12-19-11-15-6-4-3-5-7-15/h3-10,14H,11-12,18H2,1-2H3. The fourth-order valence-corrected chi connectivity index (χ4v) is 1.98. The quantitative estimate of drug-likeness (QED) is 0.645. The smallest absolute Gasteiger partial charge is 0.189 e. The monoisotopic (exact) mass is 271 g/mol. The van der Waals surface area contributed by atoms with Crippen LogP contribution in [0.25, 0.3) is 0 Å². The van der Waals surface area contributed by atoms with E-state index in [-0.39, 0.29) is 12.8 Å². The molecule has 2 aromatic carbocycles. The Labute approximate surface area is 120 Å². The Balaban J connectivity index is 1.89. The van der Waals surface area contributed by atoms with E-state index in [1.54, 1.807) is 0 Å². The summed E-state index contributed by atoms with van der Waals surface area (Å²) in [6.07, 6.45) is 0. The Morgan fingerprint density at radius 3 is 2.55 bits per heavy atom. The summed E-state index contributed by atoms with van der Waals surface area (Å²) in [6.45, 7) is 4.74. The molecule has 0 saturated carbocycles. The zero-order valence-corrected chi connectivity index (χ0v) is 12.0. The molecule has 106 valence electrons. The average Bonchev–Trinajstić information content (AvgIpc) is 2.44. The van der Waals surface area contributed by atoms with Crippen molar-refractivity contribution < 1.29 is 9.47 Å². The van der Waals surface area contributed by atoms with Crippen molar-refractivity contribution >= 4 is 0 Å². The largest absolute Gasteiger partial charge is 0.467 e. The molecule has 0 radical (unpaired) electrons. The molecular formula is C17H21NO2. The highest BCUT2D eigenvalue weighted by Gasteiger charge is 2.08. The van der Waals surface area contributed by atoms with Gasteiger partial charge in [-0.3, -0.25) is 0 Å². The minimum Gasteiger partial charge on any atom is -0.467 e. The second kappa shape index (κ2) is 7.08. The zero-order valence-electron chi connectivity index (χ0n) is 12.0. The van der Waals surface area contributed by atoms with Crippen molar-refractivity contribution in [3.05, 3.63) is 65.2 Å². The summed E-state index contributed by atoms with van der Waals surface area (Å²) in [7, 11) is 0. The van der Waals surface area contributed by atoms with Crippen LogP contribution in [0.4, 0.5) is 0 Å². The third-order valence-electron chi connectivity index (χ3n) is 3.07. The second-order valence-corrected chi connectivity index (χ2v) is 4.93. The van der Waals surface area contributed by atoms with Crippen molar-refractivity contribution in [3.8, 4) is 5.75 Å². The Kier molecular flexibility index (Phi) is 5.16. The molecule has 0 spiro atoms. The maximum atomic E-state index is 5.94. The van der Waals surface area contributed by atoms with E-state index in [1.807, 2.05) is 62.4 Å². The lowest BCUT2D eigenvalue weighted by molar-refractivity contribution is 0.00438. The summed E-state index contributed by atoms with van der Waals surface area (Å²) >= 11 is 0. The van der Waals surface area contributed by atoms with Gasteiger partial charge in [0.2, 0.25) is 0 Å². The molecule has 0 aliphatic carbocycles. The fourth-order valence-electron chi connectivity index (χ4n) is 1.98. The van der Waals surface area contributed by atoms with E-state index in [4.69, 9.17) is 15.2 Å². The fraction of sp³-hybridized carbons (Fsp3) is 0.294. The molecule has 0 bridgehead atoms. The Hall–Kier alpha value is -1.84. The van der Waals surface area contributed by atoms with E-state index in [1.165, 1.54) is 0 Å². The topological polar surface area (TPSA) is 44.5 Å². The number of hydrogen-bond acceptors (Lipinski definition) is 3. The first-order valence-electron chi connectivity index (χ1n) is 6.77. The van der Waals surface area contributed by atoms with E-state index >= 15 is 0 Å². The lowest BCUT2D eigenvalue weighted by atomic mass is 10.1. The normalized spacial score (nSPS) is 12.2. The predicted octanol–water partition coefficient (Wildman–Crippen LogP) is 3.57. The summed E-state index contributed by atoms with van der Waals surface area (Å²) in [4.78, 5) is 0. The Bertz CT molecular complexity index is 538. The maximum Gasteiger partial charge on any atom is 0.189 e. The van der Waals surface area contributed by atoms with Crippen molar-refractivity contribution in [1.29, 1.82) is 0 Å². The predicted molar refractivity (Wildman–Crippen MR) is 80.5 cm³/mol. The molecule has 2 N–H and O–H groups in total. The number of hydrogen-bond donors (Lipinski definition) is 1. The van der Waals surface area contributed by atoms with Crippen LogP contribution in [0.1, 0.15) is 29.7 Å². The molecule has 2 aromatic rings. The number of ether oxygens (including phenoxy) is 2. The van der Waals surface area contributed by atoms with Crippen LogP contribution in [0.2, 0.25) is 0 Å². The summed E-state index contributed by atoms with van der Waals surface area (Å²) in [5, 5.41) is 0. The molecule has 1 atom stereocenters. The van der Waals surface area contributed by atoms with E-state index in [9.17, 15) is 0 Å². The van der Waals surface area contributed by atoms with Gasteiger partial charge in [0.15, 0.2) is 6.79 Å². The summed E-state index contributed by atoms with van der Waals surface area (Å²) in [6, 6.07) is 16.0. The third-order valence-corrected chi connectivity index (χ3v) is 3.07. The molecule has 0 aliphatic rings. The van der Waals surface area contributed by atoms with Gasteiger partial charge < -0.3 is 15.2 Å². The molecule has 0 amide bonds. The van der Waals surface area contributed by atoms with E-state index in [0.717, 1.165) is 22.4 Å². The maximum absolute atomic E-state index is 5.94. The van der Waals surface area contributed by atoms with Crippen molar-refractivity contribution in [3.63, 3.8) is 0 Å². The number of aryl methyl sites for hydroxylation is 1.